The molecule has 0 radical (unpaired) electrons. The van der Waals surface area contributed by atoms with E-state index in [9.17, 15) is 14.3 Å². The number of hydrogen-bond donors (Lipinski definition) is 3. The second kappa shape index (κ2) is 9.27. The van der Waals surface area contributed by atoms with Gasteiger partial charge >= 0.3 is 0 Å². The fourth-order valence-corrected chi connectivity index (χ4v) is 5.50. The van der Waals surface area contributed by atoms with E-state index in [1.807, 2.05) is 28.8 Å². The molecule has 0 spiro atoms. The number of nitrogens with one attached hydrogen (secondary N) is 1. The van der Waals surface area contributed by atoms with Crippen LogP contribution >= 0.6 is 12.8 Å². The predicted octanol–water partition coefficient (Wildman–Crippen LogP) is 6.01. The monoisotopic (exact) mass is 567 g/mol. The van der Waals surface area contributed by atoms with Crippen molar-refractivity contribution >= 4 is 46.3 Å². The molecule has 0 saturated carbocycles. The molecule has 0 aliphatic carbocycles. The lowest BCUT2D eigenvalue weighted by Gasteiger charge is -2.22. The molecule has 0 unspecified atom stereocenters. The Bertz CT molecular complexity index is 2030. The average molecular weight is 568 g/mol. The molecule has 1 amide bonds. The lowest BCUT2D eigenvalue weighted by Crippen LogP contribution is -2.18. The molecule has 1 aliphatic rings. The molecule has 4 aromatic heterocycles. The molecule has 2 N–H and O–H groups in total. The number of rotatable bonds is 4. The molecule has 7 rings (SSSR count). The zero-order chi connectivity index (χ0) is 28.4. The van der Waals surface area contributed by atoms with Crippen molar-refractivity contribution in [2.75, 3.05) is 18.4 Å². The number of ether oxygens (including phenoxy) is 1. The van der Waals surface area contributed by atoms with Gasteiger partial charge in [0.1, 0.15) is 22.8 Å². The number of furan rings is 1. The summed E-state index contributed by atoms with van der Waals surface area (Å²) in [5.41, 5.74) is 4.88. The Morgan fingerprint density at radius 1 is 1.12 bits per heavy atom. The highest BCUT2D eigenvalue weighted by Crippen LogP contribution is 2.44. The molecular formula is C30H22FN5O4S. The number of halogens is 1. The number of hydrogen-bond acceptors (Lipinski definition) is 8. The molecule has 41 heavy (non-hydrogen) atoms. The molecule has 11 heteroatoms. The van der Waals surface area contributed by atoms with Crippen molar-refractivity contribution < 1.29 is 23.4 Å². The first-order chi connectivity index (χ1) is 19.9. The number of carbonyl (C=O) groups excluding carboxylic acids is 1. The first-order valence-corrected chi connectivity index (χ1v) is 13.1. The number of nitrogens with zero attached hydrogens (tertiary/aromatic N) is 4. The van der Waals surface area contributed by atoms with E-state index in [4.69, 9.17) is 14.1 Å². The van der Waals surface area contributed by atoms with Gasteiger partial charge in [-0.05, 0) is 48.5 Å². The maximum atomic E-state index is 14.6. The van der Waals surface area contributed by atoms with Crippen molar-refractivity contribution in [3.63, 3.8) is 0 Å². The minimum atomic E-state index is -0.390. The molecule has 2 aromatic carbocycles. The third-order valence-corrected chi connectivity index (χ3v) is 7.47. The number of fused-ring (bicyclic) bond motifs is 6. The van der Waals surface area contributed by atoms with Crippen molar-refractivity contribution in [2.24, 2.45) is 0 Å². The summed E-state index contributed by atoms with van der Waals surface area (Å²) in [6, 6.07) is 17.2. The average Bonchev–Trinajstić information content (AvgIpc) is 3.55. The summed E-state index contributed by atoms with van der Waals surface area (Å²) in [6.07, 6.45) is 1.45. The van der Waals surface area contributed by atoms with Gasteiger partial charge in [0.2, 0.25) is 5.88 Å². The molecule has 0 saturated heterocycles. The summed E-state index contributed by atoms with van der Waals surface area (Å²) >= 11 is 4.56. The van der Waals surface area contributed by atoms with Gasteiger partial charge in [-0.25, -0.2) is 14.4 Å². The van der Waals surface area contributed by atoms with Crippen LogP contribution in [0.15, 0.2) is 71.3 Å². The van der Waals surface area contributed by atoms with Crippen molar-refractivity contribution in [2.45, 2.75) is 6.73 Å². The molecular weight excluding hydrogens is 545 g/mol. The van der Waals surface area contributed by atoms with E-state index in [1.165, 1.54) is 19.3 Å². The number of aromatic hydroxyl groups is 1. The number of anilines is 1. The first-order valence-electron chi connectivity index (χ1n) is 12.7. The number of benzene rings is 2. The fraction of sp³-hybridized carbons (Fsp3) is 0.100. The quantitative estimate of drug-likeness (QED) is 0.224. The molecule has 9 nitrogen and oxygen atoms in total. The van der Waals surface area contributed by atoms with Crippen LogP contribution in [0, 0.1) is 5.82 Å². The summed E-state index contributed by atoms with van der Waals surface area (Å²) in [4.78, 5) is 22.0. The molecule has 5 heterocycles. The number of carbonyl (C=O) groups is 1. The highest BCUT2D eigenvalue weighted by Gasteiger charge is 2.27. The van der Waals surface area contributed by atoms with Crippen LogP contribution in [0.4, 0.5) is 10.1 Å². The Kier molecular flexibility index (Phi) is 5.65. The number of aromatic nitrogens is 3. The van der Waals surface area contributed by atoms with Gasteiger partial charge < -0.3 is 28.4 Å². The van der Waals surface area contributed by atoms with Gasteiger partial charge in [-0.3, -0.25) is 4.79 Å². The molecule has 0 atom stereocenters. The Balaban J connectivity index is 1.47. The second-order valence-electron chi connectivity index (χ2n) is 9.60. The smallest absolute Gasteiger partial charge is 0.255 e. The predicted molar refractivity (Wildman–Crippen MR) is 157 cm³/mol. The minimum absolute atomic E-state index is 0.188. The summed E-state index contributed by atoms with van der Waals surface area (Å²) in [5.74, 6) is -0.197. The van der Waals surface area contributed by atoms with Crippen LogP contribution in [0.5, 0.6) is 11.6 Å². The van der Waals surface area contributed by atoms with E-state index in [-0.39, 0.29) is 35.3 Å². The SMILES string of the molecule is CNC(=O)c1c(-c2cccnc2O)oc2cc(N(C)S)c(-c3ccc4c(n3)-c3cc5c(F)cccc5n3CO4)cc12. The van der Waals surface area contributed by atoms with E-state index in [1.54, 1.807) is 41.7 Å². The Morgan fingerprint density at radius 2 is 1.98 bits per heavy atom. The van der Waals surface area contributed by atoms with Crippen molar-refractivity contribution in [1.29, 1.82) is 0 Å². The molecule has 204 valence electrons. The summed E-state index contributed by atoms with van der Waals surface area (Å²) < 4.78 is 30.3. The third kappa shape index (κ3) is 3.80. The van der Waals surface area contributed by atoms with Crippen LogP contribution in [0.2, 0.25) is 0 Å². The highest BCUT2D eigenvalue weighted by molar-refractivity contribution is 7.81. The largest absolute Gasteiger partial charge is 0.493 e. The van der Waals surface area contributed by atoms with Gasteiger partial charge in [-0.1, -0.05) is 18.9 Å². The maximum absolute atomic E-state index is 14.6. The van der Waals surface area contributed by atoms with Crippen LogP contribution in [0.25, 0.3) is 55.8 Å². The normalized spacial score (nSPS) is 12.2. The second-order valence-corrected chi connectivity index (χ2v) is 10.2. The highest BCUT2D eigenvalue weighted by atomic mass is 32.1. The van der Waals surface area contributed by atoms with E-state index in [0.717, 1.165) is 11.2 Å². The van der Waals surface area contributed by atoms with Gasteiger partial charge in [0.05, 0.1) is 33.7 Å². The van der Waals surface area contributed by atoms with E-state index < -0.39 is 5.91 Å². The Morgan fingerprint density at radius 3 is 2.76 bits per heavy atom. The van der Waals surface area contributed by atoms with Crippen LogP contribution in [0.1, 0.15) is 10.4 Å². The maximum Gasteiger partial charge on any atom is 0.255 e. The third-order valence-electron chi connectivity index (χ3n) is 7.26. The molecule has 1 aliphatic heterocycles. The zero-order valence-electron chi connectivity index (χ0n) is 21.8. The van der Waals surface area contributed by atoms with Crippen molar-refractivity contribution in [1.82, 2.24) is 19.9 Å². The zero-order valence-corrected chi connectivity index (χ0v) is 22.7. The van der Waals surface area contributed by atoms with Gasteiger partial charge in [-0.2, -0.15) is 0 Å². The number of amides is 1. The molecule has 0 fully saturated rings. The minimum Gasteiger partial charge on any atom is -0.493 e. The van der Waals surface area contributed by atoms with E-state index in [0.29, 0.717) is 44.7 Å². The van der Waals surface area contributed by atoms with Gasteiger partial charge in [0, 0.05) is 42.7 Å². The van der Waals surface area contributed by atoms with E-state index >= 15 is 0 Å². The molecule has 0 bridgehead atoms. The standard InChI is InChI=1S/C30H22FN5O4S/c1-32-30(38)26-18-11-17(22(35(2)41)13-25(18)40-28(26)15-5-4-10-33-29(15)37)20-8-9-24-27(34-20)23-12-16-19(31)6-3-7-21(16)36(23)14-39-24/h3-13,41H,14H2,1-2H3,(H,32,38)(H,33,37). The number of pyridine rings is 2. The first kappa shape index (κ1) is 25.0. The Labute approximate surface area is 238 Å². The fourth-order valence-electron chi connectivity index (χ4n) is 5.33. The topological polar surface area (TPSA) is 106 Å². The van der Waals surface area contributed by atoms with Crippen LogP contribution < -0.4 is 14.4 Å². The Hall–Kier alpha value is -5.03. The van der Waals surface area contributed by atoms with Crippen molar-refractivity contribution in [3.8, 4) is 45.6 Å². The number of thiol groups is 1. The lowest BCUT2D eigenvalue weighted by molar-refractivity contribution is 0.0964. The van der Waals surface area contributed by atoms with Crippen molar-refractivity contribution in [3.05, 3.63) is 78.2 Å². The lowest BCUT2D eigenvalue weighted by atomic mass is 10.0. The summed E-state index contributed by atoms with van der Waals surface area (Å²) in [6.45, 7) is 0.237. The van der Waals surface area contributed by atoms with Crippen LogP contribution in [-0.4, -0.2) is 39.6 Å². The van der Waals surface area contributed by atoms with Gasteiger partial charge in [-0.15, -0.1) is 0 Å². The van der Waals surface area contributed by atoms with Gasteiger partial charge in [0.15, 0.2) is 12.5 Å². The van der Waals surface area contributed by atoms with E-state index in [2.05, 4.69) is 23.1 Å². The van der Waals surface area contributed by atoms with Gasteiger partial charge in [0.25, 0.3) is 5.91 Å². The summed E-state index contributed by atoms with van der Waals surface area (Å²) in [7, 11) is 3.30. The van der Waals surface area contributed by atoms with Crippen LogP contribution in [-0.2, 0) is 6.73 Å². The molecule has 6 aromatic rings. The van der Waals surface area contributed by atoms with Crippen LogP contribution in [0.3, 0.4) is 0 Å². The summed E-state index contributed by atoms with van der Waals surface area (Å²) in [5, 5.41) is 14.1.